The third-order valence-corrected chi connectivity index (χ3v) is 3.97. The third kappa shape index (κ3) is 2.94. The number of aromatic nitrogens is 5. The molecule has 1 aromatic carbocycles. The van der Waals surface area contributed by atoms with Gasteiger partial charge in [0.05, 0.1) is 5.25 Å². The molecule has 1 atom stereocenters. The molecule has 21 heavy (non-hydrogen) atoms. The Balaban J connectivity index is 1.78. The van der Waals surface area contributed by atoms with Crippen molar-refractivity contribution in [1.82, 2.24) is 25.0 Å². The summed E-state index contributed by atoms with van der Waals surface area (Å²) in [5.41, 5.74) is 0.686. The van der Waals surface area contributed by atoms with Crippen molar-refractivity contribution >= 4 is 11.8 Å². The Kier molecular flexibility index (Phi) is 3.70. The molecule has 0 aliphatic carbocycles. The van der Waals surface area contributed by atoms with E-state index in [1.54, 1.807) is 18.5 Å². The maximum atomic E-state index is 12.9. The Morgan fingerprint density at radius 1 is 1.19 bits per heavy atom. The fraction of sp³-hybridized carbons (Fsp3) is 0.231. The topological polar surface area (TPSA) is 69.6 Å². The minimum Gasteiger partial charge on any atom is -0.419 e. The van der Waals surface area contributed by atoms with E-state index in [2.05, 4.69) is 20.4 Å². The van der Waals surface area contributed by atoms with E-state index in [9.17, 15) is 4.39 Å². The standard InChI is InChI=1S/C13H12FN5OS/c1-8(21-13-18-15-7-19(13)2)11-16-17-12(20-11)9-3-5-10(14)6-4-9/h3-8H,1-2H3/t8-/m1/s1. The van der Waals surface area contributed by atoms with Crippen molar-refractivity contribution in [2.45, 2.75) is 17.3 Å². The molecule has 6 nitrogen and oxygen atoms in total. The number of rotatable bonds is 4. The van der Waals surface area contributed by atoms with Gasteiger partial charge in [-0.25, -0.2) is 4.39 Å². The quantitative estimate of drug-likeness (QED) is 0.690. The van der Waals surface area contributed by atoms with Crippen LogP contribution in [-0.4, -0.2) is 25.0 Å². The summed E-state index contributed by atoms with van der Waals surface area (Å²) in [7, 11) is 1.87. The van der Waals surface area contributed by atoms with Gasteiger partial charge < -0.3 is 8.98 Å². The summed E-state index contributed by atoms with van der Waals surface area (Å²) in [6.45, 7) is 1.95. The van der Waals surface area contributed by atoms with Gasteiger partial charge in [0.2, 0.25) is 11.8 Å². The zero-order valence-electron chi connectivity index (χ0n) is 11.4. The average Bonchev–Trinajstić information content (AvgIpc) is 3.10. The Labute approximate surface area is 124 Å². The first kappa shape index (κ1) is 13.7. The molecule has 2 heterocycles. The molecule has 0 amide bonds. The van der Waals surface area contributed by atoms with E-state index in [4.69, 9.17) is 4.42 Å². The van der Waals surface area contributed by atoms with Crippen LogP contribution >= 0.6 is 11.8 Å². The van der Waals surface area contributed by atoms with Crippen LogP contribution in [-0.2, 0) is 7.05 Å². The molecule has 0 saturated heterocycles. The van der Waals surface area contributed by atoms with Crippen LogP contribution in [0.4, 0.5) is 4.39 Å². The van der Waals surface area contributed by atoms with Crippen molar-refractivity contribution in [3.8, 4) is 11.5 Å². The molecular weight excluding hydrogens is 293 g/mol. The lowest BCUT2D eigenvalue weighted by molar-refractivity contribution is 0.508. The zero-order chi connectivity index (χ0) is 14.8. The van der Waals surface area contributed by atoms with E-state index in [0.29, 0.717) is 17.3 Å². The zero-order valence-corrected chi connectivity index (χ0v) is 12.2. The predicted octanol–water partition coefficient (Wildman–Crippen LogP) is 2.86. The van der Waals surface area contributed by atoms with Crippen molar-refractivity contribution in [2.24, 2.45) is 7.05 Å². The molecule has 0 spiro atoms. The molecule has 8 heteroatoms. The summed E-state index contributed by atoms with van der Waals surface area (Å²) >= 11 is 1.47. The van der Waals surface area contributed by atoms with Gasteiger partial charge in [-0.05, 0) is 31.2 Å². The van der Waals surface area contributed by atoms with Crippen LogP contribution in [0.3, 0.4) is 0 Å². The van der Waals surface area contributed by atoms with Crippen LogP contribution in [0.5, 0.6) is 0 Å². The Morgan fingerprint density at radius 2 is 1.95 bits per heavy atom. The molecule has 0 aliphatic heterocycles. The Bertz CT molecular complexity index is 739. The van der Waals surface area contributed by atoms with Crippen molar-refractivity contribution in [2.75, 3.05) is 0 Å². The monoisotopic (exact) mass is 305 g/mol. The van der Waals surface area contributed by atoms with Crippen LogP contribution < -0.4 is 0 Å². The highest BCUT2D eigenvalue weighted by molar-refractivity contribution is 7.99. The molecule has 3 aromatic rings. The summed E-state index contributed by atoms with van der Waals surface area (Å²) in [5, 5.41) is 16.6. The van der Waals surface area contributed by atoms with Gasteiger partial charge in [-0.1, -0.05) is 11.8 Å². The highest BCUT2D eigenvalue weighted by Gasteiger charge is 2.18. The maximum Gasteiger partial charge on any atom is 0.247 e. The molecule has 0 fully saturated rings. The van der Waals surface area contributed by atoms with E-state index in [-0.39, 0.29) is 11.1 Å². The Morgan fingerprint density at radius 3 is 2.62 bits per heavy atom. The van der Waals surface area contributed by atoms with Crippen molar-refractivity contribution < 1.29 is 8.81 Å². The molecule has 2 aromatic heterocycles. The highest BCUT2D eigenvalue weighted by Crippen LogP contribution is 2.33. The van der Waals surface area contributed by atoms with Gasteiger partial charge in [0, 0.05) is 12.6 Å². The first-order valence-electron chi connectivity index (χ1n) is 6.23. The van der Waals surface area contributed by atoms with Gasteiger partial charge in [-0.3, -0.25) is 0 Å². The number of aryl methyl sites for hydroxylation is 1. The lowest BCUT2D eigenvalue weighted by atomic mass is 10.2. The summed E-state index contributed by atoms with van der Waals surface area (Å²) in [6.07, 6.45) is 1.63. The van der Waals surface area contributed by atoms with Crippen LogP contribution in [0.25, 0.3) is 11.5 Å². The largest absolute Gasteiger partial charge is 0.419 e. The van der Waals surface area contributed by atoms with Crippen LogP contribution in [0, 0.1) is 5.82 Å². The first-order chi connectivity index (χ1) is 10.1. The van der Waals surface area contributed by atoms with Gasteiger partial charge in [0.15, 0.2) is 5.16 Å². The summed E-state index contributed by atoms with van der Waals surface area (Å²) < 4.78 is 20.4. The highest BCUT2D eigenvalue weighted by atomic mass is 32.2. The van der Waals surface area contributed by atoms with Gasteiger partial charge in [-0.15, -0.1) is 20.4 Å². The Hall–Kier alpha value is -2.22. The molecule has 0 aliphatic rings. The summed E-state index contributed by atoms with van der Waals surface area (Å²) in [6, 6.07) is 5.92. The lowest BCUT2D eigenvalue weighted by Gasteiger charge is -2.04. The number of nitrogens with zero attached hydrogens (tertiary/aromatic N) is 5. The summed E-state index contributed by atoms with van der Waals surface area (Å²) in [4.78, 5) is 0. The van der Waals surface area contributed by atoms with E-state index < -0.39 is 0 Å². The molecule has 0 N–H and O–H groups in total. The van der Waals surface area contributed by atoms with Crippen LogP contribution in [0.2, 0.25) is 0 Å². The van der Waals surface area contributed by atoms with E-state index >= 15 is 0 Å². The molecule has 0 radical (unpaired) electrons. The number of thioether (sulfide) groups is 1. The lowest BCUT2D eigenvalue weighted by Crippen LogP contribution is -1.94. The second kappa shape index (κ2) is 5.65. The maximum absolute atomic E-state index is 12.9. The van der Waals surface area contributed by atoms with Gasteiger partial charge in [-0.2, -0.15) is 0 Å². The fourth-order valence-corrected chi connectivity index (χ4v) is 2.52. The second-order valence-electron chi connectivity index (χ2n) is 4.44. The third-order valence-electron chi connectivity index (χ3n) is 2.83. The predicted molar refractivity (Wildman–Crippen MR) is 75.0 cm³/mol. The number of halogens is 1. The second-order valence-corrected chi connectivity index (χ2v) is 5.74. The van der Waals surface area contributed by atoms with Crippen LogP contribution in [0.15, 0.2) is 40.2 Å². The minimum atomic E-state index is -0.301. The van der Waals surface area contributed by atoms with Gasteiger partial charge in [0.1, 0.15) is 12.1 Å². The number of hydrogen-bond donors (Lipinski definition) is 0. The molecule has 0 unspecified atom stereocenters. The SMILES string of the molecule is C[C@@H](Sc1nncn1C)c1nnc(-c2ccc(F)cc2)o1. The first-order valence-corrected chi connectivity index (χ1v) is 7.11. The minimum absolute atomic E-state index is 0.0606. The van der Waals surface area contributed by atoms with E-state index in [1.807, 2.05) is 18.5 Å². The number of benzene rings is 1. The summed E-state index contributed by atoms with van der Waals surface area (Å²) in [5.74, 6) is 0.558. The van der Waals surface area contributed by atoms with Crippen LogP contribution in [0.1, 0.15) is 18.1 Å². The molecule has 0 bridgehead atoms. The molecule has 0 saturated carbocycles. The molecule has 108 valence electrons. The van der Waals surface area contributed by atoms with Crippen molar-refractivity contribution in [3.63, 3.8) is 0 Å². The van der Waals surface area contributed by atoms with E-state index in [1.165, 1.54) is 23.9 Å². The molecule has 3 rings (SSSR count). The molecular formula is C13H12FN5OS. The van der Waals surface area contributed by atoms with Gasteiger partial charge >= 0.3 is 0 Å². The normalized spacial score (nSPS) is 12.5. The fourth-order valence-electron chi connectivity index (χ4n) is 1.70. The van der Waals surface area contributed by atoms with Crippen molar-refractivity contribution in [3.05, 3.63) is 42.3 Å². The van der Waals surface area contributed by atoms with E-state index in [0.717, 1.165) is 5.16 Å². The smallest absolute Gasteiger partial charge is 0.247 e. The van der Waals surface area contributed by atoms with Crippen molar-refractivity contribution in [1.29, 1.82) is 0 Å². The van der Waals surface area contributed by atoms with Gasteiger partial charge in [0.25, 0.3) is 0 Å². The average molecular weight is 305 g/mol. The number of hydrogen-bond acceptors (Lipinski definition) is 6.